The highest BCUT2D eigenvalue weighted by atomic mass is 35.5. The molecule has 1 heterocycles. The second-order valence-electron chi connectivity index (χ2n) is 4.91. The number of carboxylic acid groups (broad SMARTS) is 1. The van der Waals surface area contributed by atoms with Gasteiger partial charge < -0.3 is 10.4 Å². The van der Waals surface area contributed by atoms with E-state index in [1.165, 1.54) is 6.20 Å². The van der Waals surface area contributed by atoms with Crippen molar-refractivity contribution < 1.29 is 14.7 Å². The molecule has 2 rings (SSSR count). The lowest BCUT2D eigenvalue weighted by Gasteiger charge is -2.18. The molecule has 116 valence electrons. The van der Waals surface area contributed by atoms with Gasteiger partial charge in [0.05, 0.1) is 24.2 Å². The van der Waals surface area contributed by atoms with Crippen molar-refractivity contribution in [2.45, 2.75) is 19.4 Å². The Balaban J connectivity index is 2.27. The Hall–Kier alpha value is -2.34. The maximum Gasteiger partial charge on any atom is 0.305 e. The number of nitrogens with zero attached hydrogens (tertiary/aromatic N) is 2. The molecule has 1 aromatic heterocycles. The zero-order chi connectivity index (χ0) is 16.3. The Labute approximate surface area is 132 Å². The van der Waals surface area contributed by atoms with E-state index < -0.39 is 12.0 Å². The Morgan fingerprint density at radius 1 is 1.41 bits per heavy atom. The first-order chi connectivity index (χ1) is 10.4. The molecule has 0 saturated carbocycles. The van der Waals surface area contributed by atoms with E-state index in [1.54, 1.807) is 42.9 Å². The fraction of sp³-hybridized carbons (Fsp3) is 0.267. The molecular formula is C15H16ClN3O3. The molecule has 2 aromatic rings. The predicted octanol–water partition coefficient (Wildman–Crippen LogP) is 2.33. The van der Waals surface area contributed by atoms with Gasteiger partial charge in [-0.3, -0.25) is 14.3 Å². The summed E-state index contributed by atoms with van der Waals surface area (Å²) in [6.45, 7) is 1.77. The third-order valence-electron chi connectivity index (χ3n) is 3.44. The van der Waals surface area contributed by atoms with E-state index in [-0.39, 0.29) is 12.3 Å². The number of aryl methyl sites for hydroxylation is 1. The smallest absolute Gasteiger partial charge is 0.305 e. The lowest BCUT2D eigenvalue weighted by Crippen LogP contribution is -2.30. The first-order valence-corrected chi connectivity index (χ1v) is 7.03. The highest BCUT2D eigenvalue weighted by Crippen LogP contribution is 2.25. The average molecular weight is 322 g/mol. The van der Waals surface area contributed by atoms with Crippen LogP contribution in [0, 0.1) is 6.92 Å². The first-order valence-electron chi connectivity index (χ1n) is 6.66. The Morgan fingerprint density at radius 3 is 2.64 bits per heavy atom. The van der Waals surface area contributed by atoms with E-state index in [0.717, 1.165) is 0 Å². The molecule has 0 fully saturated rings. The van der Waals surface area contributed by atoms with Crippen molar-refractivity contribution in [2.75, 3.05) is 0 Å². The summed E-state index contributed by atoms with van der Waals surface area (Å²) in [7, 11) is 1.73. The van der Waals surface area contributed by atoms with E-state index >= 15 is 0 Å². The van der Waals surface area contributed by atoms with Crippen molar-refractivity contribution in [3.05, 3.63) is 52.3 Å². The van der Waals surface area contributed by atoms with Gasteiger partial charge >= 0.3 is 5.97 Å². The van der Waals surface area contributed by atoms with E-state index in [9.17, 15) is 9.59 Å². The number of rotatable bonds is 5. The van der Waals surface area contributed by atoms with Crippen LogP contribution >= 0.6 is 11.6 Å². The molecule has 2 N–H and O–H groups in total. The second-order valence-corrected chi connectivity index (χ2v) is 5.32. The van der Waals surface area contributed by atoms with Crippen LogP contribution in [0.5, 0.6) is 0 Å². The summed E-state index contributed by atoms with van der Waals surface area (Å²) < 4.78 is 1.58. The molecule has 22 heavy (non-hydrogen) atoms. The normalized spacial score (nSPS) is 12.0. The summed E-state index contributed by atoms with van der Waals surface area (Å²) >= 11 is 6.11. The van der Waals surface area contributed by atoms with Gasteiger partial charge in [-0.25, -0.2) is 0 Å². The lowest BCUT2D eigenvalue weighted by atomic mass is 10.0. The highest BCUT2D eigenvalue weighted by molar-refractivity contribution is 6.31. The molecule has 0 radical (unpaired) electrons. The highest BCUT2D eigenvalue weighted by Gasteiger charge is 2.22. The van der Waals surface area contributed by atoms with E-state index in [0.29, 0.717) is 21.8 Å². The van der Waals surface area contributed by atoms with Gasteiger partial charge in [0.25, 0.3) is 5.91 Å². The standard InChI is InChI=1S/C15H16ClN3O3/c1-9-11(8-17-19(9)2)15(22)18-13(7-14(20)21)10-5-3-4-6-12(10)16/h3-6,8,13H,7H2,1-2H3,(H,18,22)(H,20,21). The molecule has 1 aromatic carbocycles. The van der Waals surface area contributed by atoms with Crippen LogP contribution in [-0.4, -0.2) is 26.8 Å². The van der Waals surface area contributed by atoms with Crippen LogP contribution in [0.1, 0.15) is 34.1 Å². The molecule has 1 amide bonds. The number of carbonyl (C=O) groups is 2. The molecule has 0 aliphatic carbocycles. The zero-order valence-electron chi connectivity index (χ0n) is 12.2. The third-order valence-corrected chi connectivity index (χ3v) is 3.79. The van der Waals surface area contributed by atoms with Crippen LogP contribution in [-0.2, 0) is 11.8 Å². The predicted molar refractivity (Wildman–Crippen MR) is 81.9 cm³/mol. The van der Waals surface area contributed by atoms with Crippen molar-refractivity contribution in [1.82, 2.24) is 15.1 Å². The molecule has 1 unspecified atom stereocenters. The average Bonchev–Trinajstić information content (AvgIpc) is 2.78. The number of aliphatic carboxylic acids is 1. The van der Waals surface area contributed by atoms with E-state index in [1.807, 2.05) is 0 Å². The zero-order valence-corrected chi connectivity index (χ0v) is 13.0. The number of halogens is 1. The molecule has 0 aliphatic heterocycles. The molecule has 0 spiro atoms. The minimum Gasteiger partial charge on any atom is -0.481 e. The van der Waals surface area contributed by atoms with Gasteiger partial charge in [0.2, 0.25) is 0 Å². The minimum absolute atomic E-state index is 0.255. The minimum atomic E-state index is -1.02. The number of nitrogens with one attached hydrogen (secondary N) is 1. The van der Waals surface area contributed by atoms with Crippen LogP contribution in [0.15, 0.2) is 30.5 Å². The van der Waals surface area contributed by atoms with Gasteiger partial charge in [-0.2, -0.15) is 5.10 Å². The van der Waals surface area contributed by atoms with Crippen molar-refractivity contribution in [1.29, 1.82) is 0 Å². The van der Waals surface area contributed by atoms with E-state index in [4.69, 9.17) is 16.7 Å². The second kappa shape index (κ2) is 6.62. The van der Waals surface area contributed by atoms with Crippen LogP contribution in [0.4, 0.5) is 0 Å². The van der Waals surface area contributed by atoms with Crippen LogP contribution < -0.4 is 5.32 Å². The summed E-state index contributed by atoms with van der Waals surface area (Å²) in [6, 6.07) is 6.15. The summed E-state index contributed by atoms with van der Waals surface area (Å²) in [6.07, 6.45) is 1.20. The topological polar surface area (TPSA) is 84.2 Å². The van der Waals surface area contributed by atoms with Crippen molar-refractivity contribution in [3.8, 4) is 0 Å². The molecule has 7 heteroatoms. The Kier molecular flexibility index (Phi) is 4.82. The maximum absolute atomic E-state index is 12.4. The Bertz CT molecular complexity index is 712. The van der Waals surface area contributed by atoms with Crippen molar-refractivity contribution in [2.24, 2.45) is 7.05 Å². The molecular weight excluding hydrogens is 306 g/mol. The molecule has 0 aliphatic rings. The van der Waals surface area contributed by atoms with Crippen LogP contribution in [0.2, 0.25) is 5.02 Å². The number of amides is 1. The van der Waals surface area contributed by atoms with Crippen LogP contribution in [0.3, 0.4) is 0 Å². The fourth-order valence-corrected chi connectivity index (χ4v) is 2.40. The quantitative estimate of drug-likeness (QED) is 0.885. The van der Waals surface area contributed by atoms with Gasteiger partial charge in [0, 0.05) is 17.8 Å². The van der Waals surface area contributed by atoms with Gasteiger partial charge in [-0.15, -0.1) is 0 Å². The summed E-state index contributed by atoms with van der Waals surface area (Å²) in [5, 5.41) is 16.2. The van der Waals surface area contributed by atoms with Gasteiger partial charge in [-0.1, -0.05) is 29.8 Å². The molecule has 1 atom stereocenters. The van der Waals surface area contributed by atoms with Crippen LogP contribution in [0.25, 0.3) is 0 Å². The third kappa shape index (κ3) is 3.46. The van der Waals surface area contributed by atoms with Gasteiger partial charge in [0.15, 0.2) is 0 Å². The number of hydrogen-bond acceptors (Lipinski definition) is 3. The summed E-state index contributed by atoms with van der Waals surface area (Å²) in [5.74, 6) is -1.40. The Morgan fingerprint density at radius 2 is 2.09 bits per heavy atom. The lowest BCUT2D eigenvalue weighted by molar-refractivity contribution is -0.137. The number of carbonyl (C=O) groups excluding carboxylic acids is 1. The number of aromatic nitrogens is 2. The van der Waals surface area contributed by atoms with E-state index in [2.05, 4.69) is 10.4 Å². The molecule has 0 bridgehead atoms. The monoisotopic (exact) mass is 321 g/mol. The van der Waals surface area contributed by atoms with Crippen molar-refractivity contribution >= 4 is 23.5 Å². The van der Waals surface area contributed by atoms with Crippen molar-refractivity contribution in [3.63, 3.8) is 0 Å². The largest absolute Gasteiger partial charge is 0.481 e. The number of carboxylic acids is 1. The summed E-state index contributed by atoms with van der Waals surface area (Å²) in [5.41, 5.74) is 1.68. The van der Waals surface area contributed by atoms with Gasteiger partial charge in [-0.05, 0) is 18.6 Å². The summed E-state index contributed by atoms with van der Waals surface area (Å²) in [4.78, 5) is 23.4. The SMILES string of the molecule is Cc1c(C(=O)NC(CC(=O)O)c2ccccc2Cl)cnn1C. The number of hydrogen-bond donors (Lipinski definition) is 2. The van der Waals surface area contributed by atoms with Gasteiger partial charge in [0.1, 0.15) is 0 Å². The maximum atomic E-state index is 12.4. The molecule has 6 nitrogen and oxygen atoms in total. The first kappa shape index (κ1) is 16.0. The molecule has 0 saturated heterocycles. The number of benzene rings is 1. The fourth-order valence-electron chi connectivity index (χ4n) is 2.13.